The van der Waals surface area contributed by atoms with Crippen LogP contribution in [0.5, 0.6) is 0 Å². The zero-order valence-electron chi connectivity index (χ0n) is 14.6. The zero-order valence-corrected chi connectivity index (χ0v) is 16.2. The maximum atomic E-state index is 12.8. The lowest BCUT2D eigenvalue weighted by Crippen LogP contribution is -2.24. The Balaban J connectivity index is 1.88. The van der Waals surface area contributed by atoms with Gasteiger partial charge >= 0.3 is 0 Å². The van der Waals surface area contributed by atoms with E-state index >= 15 is 0 Å². The predicted molar refractivity (Wildman–Crippen MR) is 98.4 cm³/mol. The van der Waals surface area contributed by atoms with Crippen molar-refractivity contribution in [3.05, 3.63) is 52.0 Å². The van der Waals surface area contributed by atoms with Crippen molar-refractivity contribution in [2.45, 2.75) is 38.6 Å². The number of rotatable bonds is 6. The SMILES string of the molecule is CCc1nnc(-c2[nH]c(C)c(S(=O)(=O)NCc3ccc(Cl)cc3)c2C)o1. The molecule has 26 heavy (non-hydrogen) atoms. The molecule has 7 nitrogen and oxygen atoms in total. The number of aromatic amines is 1. The van der Waals surface area contributed by atoms with Gasteiger partial charge in [0.1, 0.15) is 10.6 Å². The molecule has 0 bridgehead atoms. The third kappa shape index (κ3) is 3.67. The number of hydrogen-bond acceptors (Lipinski definition) is 5. The Kier molecular flexibility index (Phi) is 5.17. The number of hydrogen-bond donors (Lipinski definition) is 2. The quantitative estimate of drug-likeness (QED) is 0.667. The first-order valence-electron chi connectivity index (χ1n) is 8.08. The Labute approximate surface area is 156 Å². The molecule has 0 amide bonds. The van der Waals surface area contributed by atoms with Gasteiger partial charge in [0.15, 0.2) is 0 Å². The third-order valence-electron chi connectivity index (χ3n) is 4.00. The van der Waals surface area contributed by atoms with Crippen molar-refractivity contribution in [3.63, 3.8) is 0 Å². The van der Waals surface area contributed by atoms with Gasteiger partial charge in [-0.15, -0.1) is 10.2 Å². The van der Waals surface area contributed by atoms with Gasteiger partial charge in [-0.3, -0.25) is 0 Å². The van der Waals surface area contributed by atoms with Gasteiger partial charge in [0.2, 0.25) is 15.9 Å². The number of aromatic nitrogens is 3. The van der Waals surface area contributed by atoms with Gasteiger partial charge in [-0.05, 0) is 37.1 Å². The van der Waals surface area contributed by atoms with E-state index in [0.29, 0.717) is 34.3 Å². The van der Waals surface area contributed by atoms with E-state index in [-0.39, 0.29) is 17.3 Å². The van der Waals surface area contributed by atoms with Gasteiger partial charge in [-0.1, -0.05) is 30.7 Å². The van der Waals surface area contributed by atoms with Crippen molar-refractivity contribution in [2.75, 3.05) is 0 Å². The van der Waals surface area contributed by atoms with E-state index in [2.05, 4.69) is 19.9 Å². The second-order valence-corrected chi connectivity index (χ2v) is 8.02. The van der Waals surface area contributed by atoms with Gasteiger partial charge in [0.05, 0.1) is 0 Å². The summed E-state index contributed by atoms with van der Waals surface area (Å²) < 4.78 is 33.7. The van der Waals surface area contributed by atoms with Crippen LogP contribution in [0.4, 0.5) is 0 Å². The van der Waals surface area contributed by atoms with Crippen molar-refractivity contribution >= 4 is 21.6 Å². The molecular weight excluding hydrogens is 376 g/mol. The Bertz CT molecular complexity index is 1020. The Morgan fingerprint density at radius 1 is 1.19 bits per heavy atom. The summed E-state index contributed by atoms with van der Waals surface area (Å²) in [5.41, 5.74) is 2.38. The van der Waals surface area contributed by atoms with Gasteiger partial charge < -0.3 is 9.40 Å². The van der Waals surface area contributed by atoms with E-state index in [1.165, 1.54) is 0 Å². The molecule has 2 N–H and O–H groups in total. The fraction of sp³-hybridized carbons (Fsp3) is 0.294. The summed E-state index contributed by atoms with van der Waals surface area (Å²) in [4.78, 5) is 3.24. The number of sulfonamides is 1. The van der Waals surface area contributed by atoms with Crippen LogP contribution >= 0.6 is 11.6 Å². The van der Waals surface area contributed by atoms with Crippen LogP contribution in [0.25, 0.3) is 11.6 Å². The van der Waals surface area contributed by atoms with Gasteiger partial charge in [0.25, 0.3) is 5.89 Å². The average molecular weight is 395 g/mol. The van der Waals surface area contributed by atoms with Crippen LogP contribution in [-0.2, 0) is 23.0 Å². The summed E-state index contributed by atoms with van der Waals surface area (Å²) in [5.74, 6) is 0.776. The number of halogens is 1. The normalized spacial score (nSPS) is 11.8. The Hall–Kier alpha value is -2.16. The summed E-state index contributed by atoms with van der Waals surface area (Å²) in [5, 5.41) is 8.51. The molecule has 0 saturated carbocycles. The van der Waals surface area contributed by atoms with Crippen molar-refractivity contribution in [1.82, 2.24) is 19.9 Å². The Morgan fingerprint density at radius 2 is 1.88 bits per heavy atom. The molecule has 0 aliphatic carbocycles. The van der Waals surface area contributed by atoms with Gasteiger partial charge in [-0.2, -0.15) is 0 Å². The van der Waals surface area contributed by atoms with Crippen molar-refractivity contribution in [1.29, 1.82) is 0 Å². The summed E-state index contributed by atoms with van der Waals surface area (Å²) in [6.07, 6.45) is 0.611. The molecule has 3 aromatic rings. The van der Waals surface area contributed by atoms with Crippen LogP contribution in [0.3, 0.4) is 0 Å². The summed E-state index contributed by atoms with van der Waals surface area (Å²) in [6.45, 7) is 5.48. The Morgan fingerprint density at radius 3 is 2.50 bits per heavy atom. The predicted octanol–water partition coefficient (Wildman–Crippen LogP) is 3.38. The summed E-state index contributed by atoms with van der Waals surface area (Å²) in [7, 11) is -3.72. The topological polar surface area (TPSA) is 101 Å². The lowest BCUT2D eigenvalue weighted by molar-refractivity contribution is 0.511. The van der Waals surface area contributed by atoms with Crippen LogP contribution in [-0.4, -0.2) is 23.6 Å². The second-order valence-electron chi connectivity index (χ2n) is 5.88. The summed E-state index contributed by atoms with van der Waals surface area (Å²) in [6, 6.07) is 6.99. The molecule has 0 unspecified atom stereocenters. The van der Waals surface area contributed by atoms with E-state index in [4.69, 9.17) is 16.0 Å². The largest absolute Gasteiger partial charge is 0.419 e. The molecule has 138 valence electrons. The minimum Gasteiger partial charge on any atom is -0.419 e. The number of benzene rings is 1. The molecule has 3 rings (SSSR count). The number of aryl methyl sites for hydroxylation is 2. The smallest absolute Gasteiger partial charge is 0.264 e. The highest BCUT2D eigenvalue weighted by atomic mass is 35.5. The molecule has 9 heteroatoms. The first-order chi connectivity index (χ1) is 12.3. The minimum absolute atomic E-state index is 0.166. The number of nitrogens with one attached hydrogen (secondary N) is 2. The molecule has 0 saturated heterocycles. The molecule has 0 aliphatic heterocycles. The highest BCUT2D eigenvalue weighted by Gasteiger charge is 2.26. The van der Waals surface area contributed by atoms with E-state index < -0.39 is 10.0 Å². The molecule has 0 aliphatic rings. The molecule has 0 atom stereocenters. The van der Waals surface area contributed by atoms with Gasteiger partial charge in [0, 0.05) is 23.7 Å². The second kappa shape index (κ2) is 7.22. The highest BCUT2D eigenvalue weighted by molar-refractivity contribution is 7.89. The van der Waals surface area contributed by atoms with Crippen molar-refractivity contribution < 1.29 is 12.8 Å². The van der Waals surface area contributed by atoms with Crippen LogP contribution in [0.1, 0.15) is 29.6 Å². The minimum atomic E-state index is -3.72. The molecule has 0 fully saturated rings. The molecule has 0 spiro atoms. The lowest BCUT2D eigenvalue weighted by atomic mass is 10.2. The first-order valence-corrected chi connectivity index (χ1v) is 9.94. The molecular formula is C17H19ClN4O3S. The monoisotopic (exact) mass is 394 g/mol. The van der Waals surface area contributed by atoms with E-state index in [0.717, 1.165) is 5.56 Å². The number of nitrogens with zero attached hydrogens (tertiary/aromatic N) is 2. The number of H-pyrrole nitrogens is 1. The molecule has 0 radical (unpaired) electrons. The average Bonchev–Trinajstić information content (AvgIpc) is 3.18. The summed E-state index contributed by atoms with van der Waals surface area (Å²) >= 11 is 5.85. The van der Waals surface area contributed by atoms with E-state index in [1.54, 1.807) is 38.1 Å². The molecule has 2 heterocycles. The fourth-order valence-corrected chi connectivity index (χ4v) is 4.29. The van der Waals surface area contributed by atoms with Crippen LogP contribution in [0.2, 0.25) is 5.02 Å². The van der Waals surface area contributed by atoms with E-state index in [1.807, 2.05) is 6.92 Å². The fourth-order valence-electron chi connectivity index (χ4n) is 2.70. The maximum absolute atomic E-state index is 12.8. The van der Waals surface area contributed by atoms with Crippen LogP contribution < -0.4 is 4.72 Å². The van der Waals surface area contributed by atoms with E-state index in [9.17, 15) is 8.42 Å². The molecule has 1 aromatic carbocycles. The zero-order chi connectivity index (χ0) is 18.9. The maximum Gasteiger partial charge on any atom is 0.264 e. The lowest BCUT2D eigenvalue weighted by Gasteiger charge is -2.08. The third-order valence-corrected chi connectivity index (χ3v) is 5.93. The standard InChI is InChI=1S/C17H19ClN4O3S/c1-4-14-21-22-17(25-14)15-10(2)16(11(3)20-15)26(23,24)19-9-12-5-7-13(18)8-6-12/h5-8,19-20H,4,9H2,1-3H3. The highest BCUT2D eigenvalue weighted by Crippen LogP contribution is 2.29. The van der Waals surface area contributed by atoms with Crippen LogP contribution in [0, 0.1) is 13.8 Å². The first kappa shape index (κ1) is 18.6. The van der Waals surface area contributed by atoms with Gasteiger partial charge in [-0.25, -0.2) is 13.1 Å². The van der Waals surface area contributed by atoms with Crippen molar-refractivity contribution in [3.8, 4) is 11.6 Å². The van der Waals surface area contributed by atoms with Crippen LogP contribution in [0.15, 0.2) is 33.6 Å². The molecule has 2 aromatic heterocycles. The van der Waals surface area contributed by atoms with Crippen molar-refractivity contribution in [2.24, 2.45) is 0 Å².